The molecule has 2 rings (SSSR count). The molecule has 1 aromatic carbocycles. The van der Waals surface area contributed by atoms with Crippen molar-refractivity contribution in [3.8, 4) is 0 Å². The average molecular weight is 354 g/mol. The fraction of sp³-hybridized carbons (Fsp3) is 0.143. The summed E-state index contributed by atoms with van der Waals surface area (Å²) in [5.41, 5.74) is 1.02. The fourth-order valence-corrected chi connectivity index (χ4v) is 3.10. The van der Waals surface area contributed by atoms with Crippen LogP contribution in [-0.2, 0) is 19.6 Å². The Balaban J connectivity index is 1.95. The summed E-state index contributed by atoms with van der Waals surface area (Å²) in [6.07, 6.45) is 0. The highest BCUT2D eigenvalue weighted by Gasteiger charge is 2.14. The largest absolute Gasteiger partial charge is 0.451 e. The van der Waals surface area contributed by atoms with Gasteiger partial charge in [-0.25, -0.2) is 18.4 Å². The first kappa shape index (κ1) is 17.1. The summed E-state index contributed by atoms with van der Waals surface area (Å²) in [7, 11) is -3.86. The van der Waals surface area contributed by atoms with Gasteiger partial charge < -0.3 is 10.1 Å². The van der Waals surface area contributed by atoms with Gasteiger partial charge in [0.05, 0.1) is 4.90 Å². The number of hydrogen-bond donors (Lipinski definition) is 2. The first-order chi connectivity index (χ1) is 10.8. The Hall–Kier alpha value is -2.23. The van der Waals surface area contributed by atoms with Gasteiger partial charge in [0, 0.05) is 5.69 Å². The number of aryl methyl sites for hydroxylation is 1. The Kier molecular flexibility index (Phi) is 5.14. The minimum atomic E-state index is -3.86. The Morgan fingerprint density at radius 1 is 1.30 bits per heavy atom. The number of thiophene rings is 1. The summed E-state index contributed by atoms with van der Waals surface area (Å²) in [5, 5.41) is 9.21. The topological polar surface area (TPSA) is 116 Å². The Morgan fingerprint density at radius 2 is 2.04 bits per heavy atom. The van der Waals surface area contributed by atoms with Crippen molar-refractivity contribution in [3.05, 3.63) is 46.2 Å². The minimum absolute atomic E-state index is 0.124. The maximum absolute atomic E-state index is 11.8. The van der Waals surface area contributed by atoms with Crippen LogP contribution in [0, 0.1) is 6.92 Å². The van der Waals surface area contributed by atoms with Gasteiger partial charge in [0.15, 0.2) is 6.61 Å². The van der Waals surface area contributed by atoms with Gasteiger partial charge >= 0.3 is 5.97 Å². The van der Waals surface area contributed by atoms with E-state index in [0.717, 1.165) is 5.56 Å². The number of carbonyl (C=O) groups excluding carboxylic acids is 2. The van der Waals surface area contributed by atoms with Gasteiger partial charge in [-0.05, 0) is 42.1 Å². The summed E-state index contributed by atoms with van der Waals surface area (Å²) < 4.78 is 27.4. The van der Waals surface area contributed by atoms with Gasteiger partial charge in [0.25, 0.3) is 5.91 Å². The Morgan fingerprint density at radius 3 is 2.65 bits per heavy atom. The van der Waals surface area contributed by atoms with Crippen molar-refractivity contribution in [2.45, 2.75) is 11.8 Å². The van der Waals surface area contributed by atoms with Crippen LogP contribution >= 0.6 is 11.3 Å². The number of carbonyl (C=O) groups is 2. The molecule has 23 heavy (non-hydrogen) atoms. The van der Waals surface area contributed by atoms with E-state index in [2.05, 4.69) is 5.32 Å². The monoisotopic (exact) mass is 354 g/mol. The number of esters is 1. The van der Waals surface area contributed by atoms with E-state index >= 15 is 0 Å². The highest BCUT2D eigenvalue weighted by atomic mass is 32.2. The van der Waals surface area contributed by atoms with Crippen LogP contribution in [0.15, 0.2) is 40.6 Å². The molecule has 1 amide bonds. The van der Waals surface area contributed by atoms with Gasteiger partial charge in [-0.2, -0.15) is 0 Å². The van der Waals surface area contributed by atoms with Gasteiger partial charge in [0.1, 0.15) is 4.88 Å². The molecule has 0 fully saturated rings. The summed E-state index contributed by atoms with van der Waals surface area (Å²) >= 11 is 1.23. The van der Waals surface area contributed by atoms with Crippen molar-refractivity contribution in [2.24, 2.45) is 5.14 Å². The first-order valence-corrected chi connectivity index (χ1v) is 8.84. The molecular formula is C14H14N2O5S2. The Labute approximate surface area is 137 Å². The van der Waals surface area contributed by atoms with Crippen molar-refractivity contribution in [1.29, 1.82) is 0 Å². The van der Waals surface area contributed by atoms with E-state index in [1.54, 1.807) is 18.4 Å². The lowest BCUT2D eigenvalue weighted by Crippen LogP contribution is -2.21. The van der Waals surface area contributed by atoms with E-state index in [9.17, 15) is 18.0 Å². The molecule has 0 atom stereocenters. The van der Waals surface area contributed by atoms with Crippen molar-refractivity contribution >= 4 is 38.9 Å². The lowest BCUT2D eigenvalue weighted by molar-refractivity contribution is -0.119. The molecule has 0 saturated carbocycles. The van der Waals surface area contributed by atoms with Gasteiger partial charge in [-0.15, -0.1) is 11.3 Å². The number of anilines is 1. The zero-order chi connectivity index (χ0) is 17.0. The summed E-state index contributed by atoms with van der Waals surface area (Å²) in [4.78, 5) is 23.9. The predicted molar refractivity (Wildman–Crippen MR) is 85.8 cm³/mol. The predicted octanol–water partition coefficient (Wildman–Crippen LogP) is 1.50. The van der Waals surface area contributed by atoms with Crippen molar-refractivity contribution in [3.63, 3.8) is 0 Å². The van der Waals surface area contributed by atoms with Gasteiger partial charge in [0.2, 0.25) is 10.0 Å². The summed E-state index contributed by atoms with van der Waals surface area (Å²) in [6.45, 7) is 1.29. The van der Waals surface area contributed by atoms with Crippen LogP contribution in [0.2, 0.25) is 0 Å². The van der Waals surface area contributed by atoms with Crippen LogP contribution in [-0.4, -0.2) is 26.9 Å². The molecule has 0 unspecified atom stereocenters. The third kappa shape index (κ3) is 4.62. The summed E-state index contributed by atoms with van der Waals surface area (Å²) in [5.74, 6) is -1.16. The molecule has 9 heteroatoms. The number of nitrogens with two attached hydrogens (primary N) is 1. The molecule has 0 radical (unpaired) electrons. The number of amides is 1. The molecule has 0 aliphatic rings. The van der Waals surface area contributed by atoms with Gasteiger partial charge in [-0.3, -0.25) is 4.79 Å². The van der Waals surface area contributed by atoms with E-state index in [1.807, 2.05) is 0 Å². The minimum Gasteiger partial charge on any atom is -0.451 e. The van der Waals surface area contributed by atoms with Crippen molar-refractivity contribution < 1.29 is 22.7 Å². The summed E-state index contributed by atoms with van der Waals surface area (Å²) in [6, 6.07) is 7.25. The number of ether oxygens (including phenoxy) is 1. The molecule has 0 aliphatic heterocycles. The standard InChI is InChI=1S/C14H14N2O5S2/c1-9-5-6-22-13(9)14(18)21-8-12(17)16-10-3-2-4-11(7-10)23(15,19)20/h2-7H,8H2,1H3,(H,16,17)(H2,15,19,20). The van der Waals surface area contributed by atoms with Crippen LogP contribution in [0.5, 0.6) is 0 Å². The molecule has 0 bridgehead atoms. The second-order valence-corrected chi connectivity index (χ2v) is 7.11. The van der Waals surface area contributed by atoms with Crippen molar-refractivity contribution in [1.82, 2.24) is 0 Å². The molecular weight excluding hydrogens is 340 g/mol. The number of primary sulfonamides is 1. The normalized spacial score (nSPS) is 11.0. The maximum atomic E-state index is 11.8. The second-order valence-electron chi connectivity index (χ2n) is 4.63. The molecule has 1 heterocycles. The van der Waals surface area contributed by atoms with Crippen LogP contribution in [0.25, 0.3) is 0 Å². The third-order valence-corrected chi connectivity index (χ3v) is 4.74. The third-order valence-electron chi connectivity index (χ3n) is 2.83. The second kappa shape index (κ2) is 6.90. The molecule has 3 N–H and O–H groups in total. The number of nitrogens with one attached hydrogen (secondary N) is 1. The molecule has 7 nitrogen and oxygen atoms in total. The van der Waals surface area contributed by atoms with Crippen LogP contribution in [0.4, 0.5) is 5.69 Å². The van der Waals surface area contributed by atoms with Gasteiger partial charge in [-0.1, -0.05) is 6.07 Å². The highest BCUT2D eigenvalue weighted by Crippen LogP contribution is 2.17. The molecule has 0 aliphatic carbocycles. The van der Waals surface area contributed by atoms with E-state index < -0.39 is 28.5 Å². The van der Waals surface area contributed by atoms with E-state index in [0.29, 0.717) is 4.88 Å². The lowest BCUT2D eigenvalue weighted by Gasteiger charge is -2.07. The lowest BCUT2D eigenvalue weighted by atomic mass is 10.3. The molecule has 1 aromatic heterocycles. The molecule has 2 aromatic rings. The molecule has 122 valence electrons. The number of rotatable bonds is 5. The number of benzene rings is 1. The SMILES string of the molecule is Cc1ccsc1C(=O)OCC(=O)Nc1cccc(S(N)(=O)=O)c1. The zero-order valence-electron chi connectivity index (χ0n) is 12.1. The highest BCUT2D eigenvalue weighted by molar-refractivity contribution is 7.89. The number of sulfonamides is 1. The fourth-order valence-electron chi connectivity index (χ4n) is 1.73. The van der Waals surface area contributed by atoms with E-state index in [4.69, 9.17) is 9.88 Å². The number of hydrogen-bond acceptors (Lipinski definition) is 6. The van der Waals surface area contributed by atoms with Crippen LogP contribution in [0.1, 0.15) is 15.2 Å². The maximum Gasteiger partial charge on any atom is 0.349 e. The van der Waals surface area contributed by atoms with E-state index in [-0.39, 0.29) is 10.6 Å². The Bertz CT molecular complexity index is 842. The van der Waals surface area contributed by atoms with Crippen LogP contribution < -0.4 is 10.5 Å². The molecule has 0 spiro atoms. The zero-order valence-corrected chi connectivity index (χ0v) is 13.7. The van der Waals surface area contributed by atoms with Crippen LogP contribution in [0.3, 0.4) is 0 Å². The molecule has 0 saturated heterocycles. The smallest absolute Gasteiger partial charge is 0.349 e. The first-order valence-electron chi connectivity index (χ1n) is 6.41. The van der Waals surface area contributed by atoms with Crippen molar-refractivity contribution in [2.75, 3.05) is 11.9 Å². The quantitative estimate of drug-likeness (QED) is 0.790. The van der Waals surface area contributed by atoms with E-state index in [1.165, 1.54) is 35.6 Å². The average Bonchev–Trinajstić information content (AvgIpc) is 2.90.